The SMILES string of the molecule is CCN(C(C)c1cc(C)cc(C(C)N(CC)C(C)(C)C)c1O)C(C)(C)C. The Labute approximate surface area is 162 Å². The highest BCUT2D eigenvalue weighted by Gasteiger charge is 2.31. The largest absolute Gasteiger partial charge is 0.507 e. The molecule has 3 heteroatoms. The number of nitrogens with zero attached hydrogens (tertiary/aromatic N) is 2. The van der Waals surface area contributed by atoms with E-state index in [1.54, 1.807) is 0 Å². The Morgan fingerprint density at radius 1 is 0.808 bits per heavy atom. The summed E-state index contributed by atoms with van der Waals surface area (Å²) >= 11 is 0. The fourth-order valence-corrected chi connectivity index (χ4v) is 4.47. The van der Waals surface area contributed by atoms with Gasteiger partial charge in [-0.15, -0.1) is 0 Å². The lowest BCUT2D eigenvalue weighted by Gasteiger charge is -2.42. The molecule has 1 aromatic carbocycles. The van der Waals surface area contributed by atoms with Gasteiger partial charge in [0.05, 0.1) is 0 Å². The zero-order chi connectivity index (χ0) is 20.4. The molecule has 0 heterocycles. The summed E-state index contributed by atoms with van der Waals surface area (Å²) < 4.78 is 0. The molecule has 0 bridgehead atoms. The minimum atomic E-state index is 0.0526. The maximum absolute atomic E-state index is 11.2. The first kappa shape index (κ1) is 23.0. The number of aromatic hydroxyl groups is 1. The minimum absolute atomic E-state index is 0.0526. The molecule has 1 aromatic rings. The van der Waals surface area contributed by atoms with Crippen LogP contribution < -0.4 is 0 Å². The van der Waals surface area contributed by atoms with Crippen molar-refractivity contribution in [3.05, 3.63) is 28.8 Å². The van der Waals surface area contributed by atoms with E-state index in [9.17, 15) is 5.11 Å². The van der Waals surface area contributed by atoms with Gasteiger partial charge in [0.15, 0.2) is 0 Å². The van der Waals surface area contributed by atoms with Crippen LogP contribution in [0.15, 0.2) is 12.1 Å². The fraction of sp³-hybridized carbons (Fsp3) is 0.739. The third-order valence-corrected chi connectivity index (χ3v) is 5.55. The molecule has 0 aromatic heterocycles. The van der Waals surface area contributed by atoms with Gasteiger partial charge >= 0.3 is 0 Å². The number of phenols is 1. The van der Waals surface area contributed by atoms with E-state index in [-0.39, 0.29) is 23.2 Å². The molecule has 0 spiro atoms. The van der Waals surface area contributed by atoms with E-state index in [0.717, 1.165) is 24.2 Å². The van der Waals surface area contributed by atoms with Crippen molar-refractivity contribution >= 4 is 0 Å². The molecule has 0 saturated heterocycles. The van der Waals surface area contributed by atoms with Crippen LogP contribution >= 0.6 is 0 Å². The van der Waals surface area contributed by atoms with Gasteiger partial charge in [0.25, 0.3) is 0 Å². The van der Waals surface area contributed by atoms with Crippen molar-refractivity contribution in [2.24, 2.45) is 0 Å². The van der Waals surface area contributed by atoms with E-state index < -0.39 is 0 Å². The topological polar surface area (TPSA) is 26.7 Å². The van der Waals surface area contributed by atoms with Gasteiger partial charge in [-0.2, -0.15) is 0 Å². The summed E-state index contributed by atoms with van der Waals surface area (Å²) in [7, 11) is 0. The quantitative estimate of drug-likeness (QED) is 0.666. The predicted octanol–water partition coefficient (Wildman–Crippen LogP) is 6.06. The normalized spacial score (nSPS) is 15.6. The molecule has 26 heavy (non-hydrogen) atoms. The molecule has 0 aliphatic rings. The lowest BCUT2D eigenvalue weighted by atomic mass is 9.91. The molecule has 0 fully saturated rings. The molecule has 0 aliphatic carbocycles. The summed E-state index contributed by atoms with van der Waals surface area (Å²) in [6.07, 6.45) is 0. The Hall–Kier alpha value is -1.06. The van der Waals surface area contributed by atoms with Gasteiger partial charge in [-0.05, 0) is 75.4 Å². The molecule has 3 nitrogen and oxygen atoms in total. The second-order valence-electron chi connectivity index (χ2n) is 9.56. The monoisotopic (exact) mass is 362 g/mol. The van der Waals surface area contributed by atoms with Gasteiger partial charge in [-0.3, -0.25) is 9.80 Å². The summed E-state index contributed by atoms with van der Waals surface area (Å²) in [6, 6.07) is 4.63. The van der Waals surface area contributed by atoms with Crippen molar-refractivity contribution < 1.29 is 5.11 Å². The Morgan fingerprint density at radius 2 is 1.12 bits per heavy atom. The van der Waals surface area contributed by atoms with Crippen LogP contribution in [-0.2, 0) is 0 Å². The summed E-state index contributed by atoms with van der Waals surface area (Å²) in [4.78, 5) is 4.88. The summed E-state index contributed by atoms with van der Waals surface area (Å²) in [5, 5.41) is 11.2. The molecule has 2 atom stereocenters. The predicted molar refractivity (Wildman–Crippen MR) is 114 cm³/mol. The maximum atomic E-state index is 11.2. The number of rotatable bonds is 6. The van der Waals surface area contributed by atoms with Crippen LogP contribution in [0, 0.1) is 6.92 Å². The molecule has 2 unspecified atom stereocenters. The van der Waals surface area contributed by atoms with Crippen molar-refractivity contribution in [1.29, 1.82) is 0 Å². The molecule has 0 radical (unpaired) electrons. The van der Waals surface area contributed by atoms with E-state index in [4.69, 9.17) is 0 Å². The van der Waals surface area contributed by atoms with Crippen LogP contribution in [0.3, 0.4) is 0 Å². The molecular weight excluding hydrogens is 320 g/mol. The van der Waals surface area contributed by atoms with Gasteiger partial charge in [-0.25, -0.2) is 0 Å². The molecule has 0 saturated carbocycles. The zero-order valence-electron chi connectivity index (χ0n) is 19.1. The first-order valence-electron chi connectivity index (χ1n) is 10.1. The average molecular weight is 363 g/mol. The molecule has 1 N–H and O–H groups in total. The minimum Gasteiger partial charge on any atom is -0.507 e. The van der Waals surface area contributed by atoms with Crippen LogP contribution in [0.5, 0.6) is 5.75 Å². The zero-order valence-corrected chi connectivity index (χ0v) is 19.1. The van der Waals surface area contributed by atoms with Gasteiger partial charge in [0.1, 0.15) is 5.75 Å². The number of aryl methyl sites for hydroxylation is 1. The van der Waals surface area contributed by atoms with E-state index in [2.05, 4.69) is 98.1 Å². The van der Waals surface area contributed by atoms with E-state index in [1.165, 1.54) is 5.56 Å². The third kappa shape index (κ3) is 5.01. The Balaban J connectivity index is 3.44. The highest BCUT2D eigenvalue weighted by Crippen LogP contribution is 2.40. The summed E-state index contributed by atoms with van der Waals surface area (Å²) in [6.45, 7) is 26.3. The average Bonchev–Trinajstić information content (AvgIpc) is 2.47. The Bertz CT molecular complexity index is 546. The van der Waals surface area contributed by atoms with Crippen molar-refractivity contribution in [2.45, 2.75) is 99.3 Å². The maximum Gasteiger partial charge on any atom is 0.125 e. The highest BCUT2D eigenvalue weighted by molar-refractivity contribution is 5.46. The molecule has 0 aliphatic heterocycles. The summed E-state index contributed by atoms with van der Waals surface area (Å²) in [5.41, 5.74) is 3.39. The van der Waals surface area contributed by atoms with Gasteiger partial charge < -0.3 is 5.11 Å². The van der Waals surface area contributed by atoms with Crippen LogP contribution in [0.1, 0.15) is 98.0 Å². The first-order valence-corrected chi connectivity index (χ1v) is 10.1. The molecular formula is C23H42N2O. The lowest BCUT2D eigenvalue weighted by Crippen LogP contribution is -2.43. The van der Waals surface area contributed by atoms with E-state index >= 15 is 0 Å². The van der Waals surface area contributed by atoms with Crippen molar-refractivity contribution in [2.75, 3.05) is 13.1 Å². The van der Waals surface area contributed by atoms with Crippen LogP contribution in [-0.4, -0.2) is 39.1 Å². The van der Waals surface area contributed by atoms with E-state index in [0.29, 0.717) is 5.75 Å². The van der Waals surface area contributed by atoms with Gasteiger partial charge in [0.2, 0.25) is 0 Å². The van der Waals surface area contributed by atoms with Crippen molar-refractivity contribution in [1.82, 2.24) is 9.80 Å². The molecule has 1 rings (SSSR count). The van der Waals surface area contributed by atoms with Crippen LogP contribution in [0.25, 0.3) is 0 Å². The number of phenolic OH excluding ortho intramolecular Hbond substituents is 1. The van der Waals surface area contributed by atoms with Crippen molar-refractivity contribution in [3.63, 3.8) is 0 Å². The highest BCUT2D eigenvalue weighted by atomic mass is 16.3. The second-order valence-corrected chi connectivity index (χ2v) is 9.56. The first-order chi connectivity index (χ1) is 11.8. The Kier molecular flexibility index (Phi) is 7.34. The van der Waals surface area contributed by atoms with E-state index in [1.807, 2.05) is 0 Å². The number of hydrogen-bond donors (Lipinski definition) is 1. The fourth-order valence-electron chi connectivity index (χ4n) is 4.47. The second kappa shape index (κ2) is 8.31. The smallest absolute Gasteiger partial charge is 0.125 e. The standard InChI is InChI=1S/C23H42N2O/c1-12-24(22(6,7)8)17(4)19-14-16(3)15-20(21(19)26)18(5)25(13-2)23(9,10)11/h14-15,17-18,26H,12-13H2,1-11H3. The lowest BCUT2D eigenvalue weighted by molar-refractivity contribution is 0.0915. The van der Waals surface area contributed by atoms with Gasteiger partial charge in [0, 0.05) is 34.3 Å². The Morgan fingerprint density at radius 3 is 1.35 bits per heavy atom. The van der Waals surface area contributed by atoms with Crippen LogP contribution in [0.4, 0.5) is 0 Å². The number of hydrogen-bond acceptors (Lipinski definition) is 3. The summed E-state index contributed by atoms with van der Waals surface area (Å²) in [5.74, 6) is 0.459. The number of benzene rings is 1. The van der Waals surface area contributed by atoms with Crippen molar-refractivity contribution in [3.8, 4) is 5.75 Å². The van der Waals surface area contributed by atoms with Crippen LogP contribution in [0.2, 0.25) is 0 Å². The van der Waals surface area contributed by atoms with Gasteiger partial charge in [-0.1, -0.05) is 31.5 Å². The third-order valence-electron chi connectivity index (χ3n) is 5.55. The molecule has 0 amide bonds. The molecule has 150 valence electrons.